The zero-order chi connectivity index (χ0) is 33.2. The van der Waals surface area contributed by atoms with Crippen molar-refractivity contribution in [2.24, 2.45) is 38.2 Å². The van der Waals surface area contributed by atoms with Gasteiger partial charge in [-0.05, 0) is 46.5 Å². The van der Waals surface area contributed by atoms with E-state index in [-0.39, 0.29) is 10.8 Å². The molecule has 238 valence electrons. The molecule has 0 bridgehead atoms. The van der Waals surface area contributed by atoms with Crippen LogP contribution < -0.4 is 9.13 Å². The minimum atomic E-state index is -0.217. The van der Waals surface area contributed by atoms with Gasteiger partial charge >= 0.3 is 23.4 Å². The van der Waals surface area contributed by atoms with Crippen molar-refractivity contribution in [3.8, 4) is 0 Å². The SMILES string of the molecule is COC(=Nc1ccc(C(C)(C)c2cccc(C(C)(C)c3ccc(N=C(OC)c4n(C)cc[n+]4C)cc3)c2)cc1)c1n(C)cc[n+]1C. The van der Waals surface area contributed by atoms with Crippen molar-refractivity contribution in [2.75, 3.05) is 14.2 Å². The predicted octanol–water partition coefficient (Wildman–Crippen LogP) is 6.11. The van der Waals surface area contributed by atoms with Crippen molar-refractivity contribution in [2.45, 2.75) is 38.5 Å². The van der Waals surface area contributed by atoms with E-state index in [0.717, 1.165) is 23.0 Å². The van der Waals surface area contributed by atoms with E-state index < -0.39 is 0 Å². The fourth-order valence-corrected chi connectivity index (χ4v) is 5.93. The summed E-state index contributed by atoms with van der Waals surface area (Å²) in [5.41, 5.74) is 6.19. The van der Waals surface area contributed by atoms with E-state index in [9.17, 15) is 0 Å². The fourth-order valence-electron chi connectivity index (χ4n) is 5.93. The molecule has 0 aliphatic heterocycles. The van der Waals surface area contributed by atoms with Gasteiger partial charge in [-0.3, -0.25) is 0 Å². The van der Waals surface area contributed by atoms with Crippen LogP contribution in [0.25, 0.3) is 0 Å². The highest BCUT2D eigenvalue weighted by molar-refractivity contribution is 5.91. The molecular formula is C38H46N6O2+2. The molecule has 3 aromatic carbocycles. The first-order valence-corrected chi connectivity index (χ1v) is 15.5. The molecule has 2 aromatic heterocycles. The van der Waals surface area contributed by atoms with E-state index in [0.29, 0.717) is 11.8 Å². The Morgan fingerprint density at radius 3 is 1.26 bits per heavy atom. The Balaban J connectivity index is 1.39. The van der Waals surface area contributed by atoms with Gasteiger partial charge in [-0.25, -0.2) is 28.3 Å². The minimum Gasteiger partial charge on any atom is -0.475 e. The number of methoxy groups -OCH3 is 2. The average Bonchev–Trinajstić information content (AvgIpc) is 3.57. The van der Waals surface area contributed by atoms with Crippen molar-refractivity contribution in [3.63, 3.8) is 0 Å². The Labute approximate surface area is 272 Å². The molecule has 5 aromatic rings. The summed E-state index contributed by atoms with van der Waals surface area (Å²) in [5.74, 6) is 2.94. The van der Waals surface area contributed by atoms with E-state index in [1.165, 1.54) is 22.3 Å². The Kier molecular flexibility index (Phi) is 9.01. The van der Waals surface area contributed by atoms with Gasteiger partial charge in [0.25, 0.3) is 0 Å². The summed E-state index contributed by atoms with van der Waals surface area (Å²) in [7, 11) is 11.3. The molecule has 0 aliphatic carbocycles. The first-order valence-electron chi connectivity index (χ1n) is 15.5. The second-order valence-electron chi connectivity index (χ2n) is 12.9. The zero-order valence-electron chi connectivity index (χ0n) is 28.7. The number of hydrogen-bond acceptors (Lipinski definition) is 4. The van der Waals surface area contributed by atoms with Crippen molar-refractivity contribution in [1.82, 2.24) is 9.13 Å². The molecule has 0 saturated carbocycles. The molecule has 46 heavy (non-hydrogen) atoms. The highest BCUT2D eigenvalue weighted by atomic mass is 16.5. The van der Waals surface area contributed by atoms with Crippen LogP contribution in [-0.2, 0) is 48.5 Å². The lowest BCUT2D eigenvalue weighted by atomic mass is 9.73. The lowest BCUT2D eigenvalue weighted by molar-refractivity contribution is -0.672. The van der Waals surface area contributed by atoms with Crippen LogP contribution in [0.15, 0.2) is 108 Å². The van der Waals surface area contributed by atoms with Gasteiger partial charge in [0.2, 0.25) is 0 Å². The number of benzene rings is 3. The Morgan fingerprint density at radius 2 is 0.957 bits per heavy atom. The zero-order valence-corrected chi connectivity index (χ0v) is 28.7. The molecule has 0 atom stereocenters. The van der Waals surface area contributed by atoms with E-state index in [1.807, 2.05) is 71.2 Å². The number of imidazole rings is 2. The van der Waals surface area contributed by atoms with Crippen LogP contribution in [0.2, 0.25) is 0 Å². The van der Waals surface area contributed by atoms with Gasteiger partial charge in [0.15, 0.2) is 0 Å². The molecule has 8 nitrogen and oxygen atoms in total. The molecular weight excluding hydrogens is 572 g/mol. The lowest BCUT2D eigenvalue weighted by Gasteiger charge is -2.31. The average molecular weight is 619 g/mol. The van der Waals surface area contributed by atoms with Crippen LogP contribution >= 0.6 is 0 Å². The van der Waals surface area contributed by atoms with Crippen LogP contribution in [0, 0.1) is 0 Å². The summed E-state index contributed by atoms with van der Waals surface area (Å²) < 4.78 is 19.3. The monoisotopic (exact) mass is 618 g/mol. The summed E-state index contributed by atoms with van der Waals surface area (Å²) >= 11 is 0. The van der Waals surface area contributed by atoms with Crippen LogP contribution in [0.5, 0.6) is 0 Å². The molecule has 0 unspecified atom stereocenters. The molecule has 0 N–H and O–H groups in total. The summed E-state index contributed by atoms with van der Waals surface area (Å²) in [4.78, 5) is 9.60. The largest absolute Gasteiger partial charge is 0.475 e. The molecule has 0 radical (unpaired) electrons. The molecule has 0 aliphatic rings. The number of aromatic nitrogens is 4. The third kappa shape index (κ3) is 6.25. The first-order chi connectivity index (χ1) is 21.9. The Morgan fingerprint density at radius 1 is 0.587 bits per heavy atom. The van der Waals surface area contributed by atoms with Gasteiger partial charge in [-0.15, -0.1) is 0 Å². The van der Waals surface area contributed by atoms with Crippen molar-refractivity contribution in [3.05, 3.63) is 131 Å². The highest BCUT2D eigenvalue weighted by Crippen LogP contribution is 2.38. The third-order valence-corrected chi connectivity index (χ3v) is 9.08. The van der Waals surface area contributed by atoms with E-state index in [4.69, 9.17) is 19.5 Å². The highest BCUT2D eigenvalue weighted by Gasteiger charge is 2.28. The number of aryl methyl sites for hydroxylation is 4. The number of ether oxygens (including phenoxy) is 2. The van der Waals surface area contributed by atoms with Crippen LogP contribution in [0.1, 0.15) is 61.6 Å². The quantitative estimate of drug-likeness (QED) is 0.120. The maximum absolute atomic E-state index is 5.66. The third-order valence-electron chi connectivity index (χ3n) is 9.08. The summed E-state index contributed by atoms with van der Waals surface area (Å²) in [6.45, 7) is 9.09. The Hall–Kier alpha value is -4.98. The van der Waals surface area contributed by atoms with Gasteiger partial charge in [0.05, 0.1) is 53.8 Å². The van der Waals surface area contributed by atoms with Gasteiger partial charge < -0.3 is 9.47 Å². The van der Waals surface area contributed by atoms with Crippen molar-refractivity contribution in [1.29, 1.82) is 0 Å². The van der Waals surface area contributed by atoms with Gasteiger partial charge in [0, 0.05) is 10.8 Å². The van der Waals surface area contributed by atoms with Gasteiger partial charge in [-0.2, -0.15) is 0 Å². The van der Waals surface area contributed by atoms with Gasteiger partial charge in [-0.1, -0.05) is 76.2 Å². The summed E-state index contributed by atoms with van der Waals surface area (Å²) in [5, 5.41) is 0. The van der Waals surface area contributed by atoms with Crippen molar-refractivity contribution < 1.29 is 18.6 Å². The smallest absolute Gasteiger partial charge is 0.344 e. The normalized spacial score (nSPS) is 12.8. The summed E-state index contributed by atoms with van der Waals surface area (Å²) in [6.07, 6.45) is 7.94. The number of nitrogens with zero attached hydrogens (tertiary/aromatic N) is 6. The molecule has 2 heterocycles. The van der Waals surface area contributed by atoms with E-state index in [1.54, 1.807) is 14.2 Å². The number of rotatable bonds is 8. The molecule has 0 saturated heterocycles. The minimum absolute atomic E-state index is 0.217. The van der Waals surface area contributed by atoms with E-state index >= 15 is 0 Å². The number of aliphatic imine (C=N–C) groups is 2. The Bertz CT molecular complexity index is 1720. The topological polar surface area (TPSA) is 60.8 Å². The van der Waals surface area contributed by atoms with Crippen LogP contribution in [0.3, 0.4) is 0 Å². The summed E-state index contributed by atoms with van der Waals surface area (Å²) in [6, 6.07) is 25.8. The second kappa shape index (κ2) is 12.8. The van der Waals surface area contributed by atoms with Crippen molar-refractivity contribution >= 4 is 23.2 Å². The standard InChI is InChI=1S/C38H46N6O2/c1-37(2,27-14-18-31(19-15-27)39-33(45-9)35-41(5)22-23-42(35)6)29-12-11-13-30(26-29)38(3,4)28-16-20-32(21-17-28)40-34(46-10)36-43(7)24-25-44(36)8/h11-26H,1-10H3/q+2. The molecule has 0 fully saturated rings. The number of hydrogen-bond donors (Lipinski definition) is 0. The maximum Gasteiger partial charge on any atom is 0.344 e. The molecule has 0 spiro atoms. The molecule has 8 heteroatoms. The maximum atomic E-state index is 5.66. The predicted molar refractivity (Wildman–Crippen MR) is 183 cm³/mol. The fraction of sp³-hybridized carbons (Fsp3) is 0.316. The first kappa shape index (κ1) is 32.4. The van der Waals surface area contributed by atoms with E-state index in [2.05, 4.69) is 100 Å². The van der Waals surface area contributed by atoms with Gasteiger partial charge in [0.1, 0.15) is 24.8 Å². The second-order valence-corrected chi connectivity index (χ2v) is 12.9. The molecule has 5 rings (SSSR count). The van der Waals surface area contributed by atoms with Crippen LogP contribution in [-0.4, -0.2) is 35.1 Å². The van der Waals surface area contributed by atoms with Crippen LogP contribution in [0.4, 0.5) is 11.4 Å². The molecule has 0 amide bonds. The lowest BCUT2D eigenvalue weighted by Crippen LogP contribution is -2.35.